The molecule has 1 heterocycles. The fourth-order valence-corrected chi connectivity index (χ4v) is 2.79. The molecule has 3 nitrogen and oxygen atoms in total. The third-order valence-electron chi connectivity index (χ3n) is 3.02. The van der Waals surface area contributed by atoms with Crippen molar-refractivity contribution in [1.29, 1.82) is 0 Å². The first-order chi connectivity index (χ1) is 10.1. The van der Waals surface area contributed by atoms with Crippen LogP contribution in [-0.2, 0) is 0 Å². The molecule has 0 radical (unpaired) electrons. The van der Waals surface area contributed by atoms with Crippen molar-refractivity contribution in [2.24, 2.45) is 0 Å². The zero-order valence-corrected chi connectivity index (χ0v) is 14.0. The Kier molecular flexibility index (Phi) is 4.02. The van der Waals surface area contributed by atoms with Gasteiger partial charge in [-0.05, 0) is 36.4 Å². The second-order valence-electron chi connectivity index (χ2n) is 4.34. The zero-order valence-electron chi connectivity index (χ0n) is 10.9. The summed E-state index contributed by atoms with van der Waals surface area (Å²) in [5, 5.41) is 1.78. The molecule has 0 atom stereocenters. The van der Waals surface area contributed by atoms with Gasteiger partial charge in [-0.25, -0.2) is 9.97 Å². The van der Waals surface area contributed by atoms with Gasteiger partial charge in [-0.1, -0.05) is 39.1 Å². The molecule has 0 saturated heterocycles. The van der Waals surface area contributed by atoms with Crippen LogP contribution in [-0.4, -0.2) is 17.1 Å². The van der Waals surface area contributed by atoms with Crippen molar-refractivity contribution in [3.05, 3.63) is 51.0 Å². The van der Waals surface area contributed by atoms with Crippen LogP contribution in [0.3, 0.4) is 0 Å². The van der Waals surface area contributed by atoms with Gasteiger partial charge in [-0.15, -0.1) is 0 Å². The van der Waals surface area contributed by atoms with Crippen LogP contribution in [0.1, 0.15) is 0 Å². The summed E-state index contributed by atoms with van der Waals surface area (Å²) in [4.78, 5) is 8.91. The summed E-state index contributed by atoms with van der Waals surface area (Å²) in [6.45, 7) is 0. The van der Waals surface area contributed by atoms with Crippen molar-refractivity contribution in [3.63, 3.8) is 0 Å². The molecule has 0 aliphatic carbocycles. The monoisotopic (exact) mass is 382 g/mol. The molecule has 21 heavy (non-hydrogen) atoms. The lowest BCUT2D eigenvalue weighted by Gasteiger charge is -2.09. The number of ether oxygens (including phenoxy) is 1. The lowest BCUT2D eigenvalue weighted by molar-refractivity contribution is 0.416. The number of aromatic nitrogens is 2. The van der Waals surface area contributed by atoms with E-state index in [-0.39, 0.29) is 0 Å². The summed E-state index contributed by atoms with van der Waals surface area (Å²) < 4.78 is 6.26. The van der Waals surface area contributed by atoms with Crippen LogP contribution in [0.2, 0.25) is 10.2 Å². The van der Waals surface area contributed by atoms with Gasteiger partial charge in [0, 0.05) is 14.9 Å². The van der Waals surface area contributed by atoms with Crippen LogP contribution in [0.15, 0.2) is 40.9 Å². The number of halogens is 3. The minimum absolute atomic E-state index is 0.397. The molecule has 1 aromatic heterocycles. The second-order valence-corrected chi connectivity index (χ2v) is 6.05. The highest BCUT2D eigenvalue weighted by Crippen LogP contribution is 2.33. The molecule has 3 rings (SSSR count). The topological polar surface area (TPSA) is 35.0 Å². The number of hydrogen-bond donors (Lipinski definition) is 0. The van der Waals surface area contributed by atoms with Crippen LogP contribution in [0.5, 0.6) is 5.75 Å². The van der Waals surface area contributed by atoms with Crippen molar-refractivity contribution in [2.75, 3.05) is 7.11 Å². The smallest absolute Gasteiger partial charge is 0.165 e. The second kappa shape index (κ2) is 5.79. The van der Waals surface area contributed by atoms with E-state index in [0.29, 0.717) is 21.7 Å². The molecule has 0 saturated carbocycles. The Morgan fingerprint density at radius 3 is 2.62 bits per heavy atom. The molecular weight excluding hydrogens is 375 g/mol. The van der Waals surface area contributed by atoms with E-state index >= 15 is 0 Å². The zero-order chi connectivity index (χ0) is 15.0. The SMILES string of the molecule is COc1cc(Cl)ccc1-c1nc(Cl)c2cc(Br)ccc2n1. The lowest BCUT2D eigenvalue weighted by atomic mass is 10.1. The Morgan fingerprint density at radius 1 is 1.05 bits per heavy atom. The largest absolute Gasteiger partial charge is 0.496 e. The first-order valence-electron chi connectivity index (χ1n) is 6.05. The maximum Gasteiger partial charge on any atom is 0.165 e. The molecule has 0 aliphatic rings. The molecule has 0 bridgehead atoms. The standard InChI is InChI=1S/C15H9BrCl2N2O/c1-21-13-7-9(17)3-4-10(13)15-19-12-5-2-8(16)6-11(12)14(18)20-15/h2-7H,1H3. The van der Waals surface area contributed by atoms with E-state index in [1.807, 2.05) is 24.3 Å². The van der Waals surface area contributed by atoms with Gasteiger partial charge < -0.3 is 4.74 Å². The van der Waals surface area contributed by atoms with E-state index in [4.69, 9.17) is 27.9 Å². The van der Waals surface area contributed by atoms with Gasteiger partial charge in [0.25, 0.3) is 0 Å². The summed E-state index contributed by atoms with van der Waals surface area (Å²) in [6, 6.07) is 11.0. The Hall–Kier alpha value is -1.36. The highest BCUT2D eigenvalue weighted by molar-refractivity contribution is 9.10. The van der Waals surface area contributed by atoms with Gasteiger partial charge in [0.2, 0.25) is 0 Å². The third-order valence-corrected chi connectivity index (χ3v) is 4.03. The van der Waals surface area contributed by atoms with E-state index in [1.165, 1.54) is 0 Å². The predicted molar refractivity (Wildman–Crippen MR) is 89.2 cm³/mol. The van der Waals surface area contributed by atoms with Gasteiger partial charge >= 0.3 is 0 Å². The third kappa shape index (κ3) is 2.84. The van der Waals surface area contributed by atoms with Crippen molar-refractivity contribution in [1.82, 2.24) is 9.97 Å². The molecule has 3 aromatic rings. The normalized spacial score (nSPS) is 10.9. The minimum atomic E-state index is 0.397. The van der Waals surface area contributed by atoms with Crippen molar-refractivity contribution >= 4 is 50.0 Å². The van der Waals surface area contributed by atoms with Gasteiger partial charge in [-0.3, -0.25) is 0 Å². The van der Waals surface area contributed by atoms with Crippen LogP contribution in [0.4, 0.5) is 0 Å². The molecule has 0 fully saturated rings. The van der Waals surface area contributed by atoms with Crippen molar-refractivity contribution in [2.45, 2.75) is 0 Å². The van der Waals surface area contributed by atoms with Crippen LogP contribution in [0.25, 0.3) is 22.3 Å². The van der Waals surface area contributed by atoms with Crippen LogP contribution >= 0.6 is 39.1 Å². The van der Waals surface area contributed by atoms with Crippen molar-refractivity contribution in [3.8, 4) is 17.1 Å². The summed E-state index contributed by atoms with van der Waals surface area (Å²) in [7, 11) is 1.58. The first kappa shape index (κ1) is 14.6. The summed E-state index contributed by atoms with van der Waals surface area (Å²) in [5.41, 5.74) is 1.51. The number of nitrogens with zero attached hydrogens (tertiary/aromatic N) is 2. The van der Waals surface area contributed by atoms with E-state index in [2.05, 4.69) is 25.9 Å². The van der Waals surface area contributed by atoms with E-state index in [9.17, 15) is 0 Å². The fourth-order valence-electron chi connectivity index (χ4n) is 2.03. The van der Waals surface area contributed by atoms with Crippen LogP contribution < -0.4 is 4.74 Å². The number of benzene rings is 2. The summed E-state index contributed by atoms with van der Waals surface area (Å²) in [5.74, 6) is 1.11. The molecule has 0 aliphatic heterocycles. The van der Waals surface area contributed by atoms with Crippen molar-refractivity contribution < 1.29 is 4.74 Å². The molecule has 106 valence electrons. The molecule has 6 heteroatoms. The maximum atomic E-state index is 6.27. The summed E-state index contributed by atoms with van der Waals surface area (Å²) >= 11 is 15.7. The molecule has 2 aromatic carbocycles. The van der Waals surface area contributed by atoms with Gasteiger partial charge in [0.05, 0.1) is 18.2 Å². The predicted octanol–water partition coefficient (Wildman–Crippen LogP) is 5.37. The number of fused-ring (bicyclic) bond motifs is 1. The minimum Gasteiger partial charge on any atom is -0.496 e. The van der Waals surface area contributed by atoms with E-state index in [0.717, 1.165) is 20.9 Å². The number of methoxy groups -OCH3 is 1. The van der Waals surface area contributed by atoms with Crippen LogP contribution in [0, 0.1) is 0 Å². The van der Waals surface area contributed by atoms with Gasteiger partial charge in [0.15, 0.2) is 5.82 Å². The Balaban J connectivity index is 2.24. The van der Waals surface area contributed by atoms with Gasteiger partial charge in [0.1, 0.15) is 10.9 Å². The highest BCUT2D eigenvalue weighted by Gasteiger charge is 2.13. The molecular formula is C15H9BrCl2N2O. The summed E-state index contributed by atoms with van der Waals surface area (Å²) in [6.07, 6.45) is 0. The van der Waals surface area contributed by atoms with Gasteiger partial charge in [-0.2, -0.15) is 0 Å². The quantitative estimate of drug-likeness (QED) is 0.557. The fraction of sp³-hybridized carbons (Fsp3) is 0.0667. The number of rotatable bonds is 2. The molecule has 0 unspecified atom stereocenters. The Labute approximate surface area is 140 Å². The molecule has 0 amide bonds. The van der Waals surface area contributed by atoms with E-state index < -0.39 is 0 Å². The average Bonchev–Trinajstić information content (AvgIpc) is 2.47. The maximum absolute atomic E-state index is 6.27. The Morgan fingerprint density at radius 2 is 1.86 bits per heavy atom. The first-order valence-corrected chi connectivity index (χ1v) is 7.60. The number of hydrogen-bond acceptors (Lipinski definition) is 3. The average molecular weight is 384 g/mol. The van der Waals surface area contributed by atoms with E-state index in [1.54, 1.807) is 19.2 Å². The highest BCUT2D eigenvalue weighted by atomic mass is 79.9. The molecule has 0 N–H and O–H groups in total. The Bertz CT molecular complexity index is 839. The molecule has 0 spiro atoms. The lowest BCUT2D eigenvalue weighted by Crippen LogP contribution is -1.95.